The van der Waals surface area contributed by atoms with Gasteiger partial charge in [0.05, 0.1) is 5.56 Å². The summed E-state index contributed by atoms with van der Waals surface area (Å²) in [5.41, 5.74) is 2.17. The standard InChI is InChI=1S/C17H15NO4/c19-11-18(10-12-5-7-13(8-6-12)17(20)21)16-9-14-3-1-2-4-15(14)22-16/h1-8,11,16H,9-10H2,(H,20,21). The Morgan fingerprint density at radius 2 is 1.95 bits per heavy atom. The van der Waals surface area contributed by atoms with Crippen LogP contribution in [0.1, 0.15) is 21.5 Å². The number of rotatable bonds is 5. The Balaban J connectivity index is 1.71. The highest BCUT2D eigenvalue weighted by Gasteiger charge is 2.27. The molecule has 0 bridgehead atoms. The lowest BCUT2D eigenvalue weighted by Crippen LogP contribution is -2.36. The number of ether oxygens (including phenoxy) is 1. The molecule has 5 heteroatoms. The van der Waals surface area contributed by atoms with Crippen LogP contribution >= 0.6 is 0 Å². The number of carbonyl (C=O) groups is 2. The van der Waals surface area contributed by atoms with E-state index in [1.54, 1.807) is 17.0 Å². The molecule has 2 aromatic rings. The fourth-order valence-electron chi connectivity index (χ4n) is 2.52. The van der Waals surface area contributed by atoms with Gasteiger partial charge in [0.1, 0.15) is 5.75 Å². The molecule has 0 saturated heterocycles. The Kier molecular flexibility index (Phi) is 3.78. The summed E-state index contributed by atoms with van der Waals surface area (Å²) >= 11 is 0. The van der Waals surface area contributed by atoms with Crippen molar-refractivity contribution in [2.24, 2.45) is 0 Å². The quantitative estimate of drug-likeness (QED) is 0.860. The Morgan fingerprint density at radius 1 is 1.23 bits per heavy atom. The second-order valence-corrected chi connectivity index (χ2v) is 5.16. The number of hydrogen-bond acceptors (Lipinski definition) is 3. The first kappa shape index (κ1) is 14.1. The van der Waals surface area contributed by atoms with Crippen LogP contribution in [-0.4, -0.2) is 28.6 Å². The fraction of sp³-hybridized carbons (Fsp3) is 0.176. The fourth-order valence-corrected chi connectivity index (χ4v) is 2.52. The van der Waals surface area contributed by atoms with Crippen molar-refractivity contribution < 1.29 is 19.4 Å². The van der Waals surface area contributed by atoms with Crippen LogP contribution in [0.15, 0.2) is 48.5 Å². The maximum Gasteiger partial charge on any atom is 0.335 e. The lowest BCUT2D eigenvalue weighted by Gasteiger charge is -2.24. The second-order valence-electron chi connectivity index (χ2n) is 5.16. The van der Waals surface area contributed by atoms with Gasteiger partial charge in [-0.1, -0.05) is 30.3 Å². The maximum atomic E-state index is 11.4. The van der Waals surface area contributed by atoms with Gasteiger partial charge in [0.15, 0.2) is 6.23 Å². The van der Waals surface area contributed by atoms with Gasteiger partial charge in [0.2, 0.25) is 6.41 Å². The summed E-state index contributed by atoms with van der Waals surface area (Å²) in [5.74, 6) is -0.158. The van der Waals surface area contributed by atoms with Crippen molar-refractivity contribution in [1.82, 2.24) is 4.90 Å². The molecule has 1 aliphatic heterocycles. The van der Waals surface area contributed by atoms with E-state index in [9.17, 15) is 9.59 Å². The van der Waals surface area contributed by atoms with E-state index >= 15 is 0 Å². The molecule has 0 radical (unpaired) electrons. The van der Waals surface area contributed by atoms with E-state index in [4.69, 9.17) is 9.84 Å². The van der Waals surface area contributed by atoms with Gasteiger partial charge in [0.25, 0.3) is 0 Å². The first-order chi connectivity index (χ1) is 10.7. The van der Waals surface area contributed by atoms with E-state index in [1.807, 2.05) is 24.3 Å². The zero-order valence-corrected chi connectivity index (χ0v) is 11.8. The van der Waals surface area contributed by atoms with E-state index in [-0.39, 0.29) is 11.8 Å². The average molecular weight is 297 g/mol. The monoisotopic (exact) mass is 297 g/mol. The molecule has 112 valence electrons. The molecule has 0 fully saturated rings. The lowest BCUT2D eigenvalue weighted by molar-refractivity contribution is -0.125. The third kappa shape index (κ3) is 2.79. The molecule has 1 unspecified atom stereocenters. The topological polar surface area (TPSA) is 66.8 Å². The van der Waals surface area contributed by atoms with Crippen LogP contribution in [0.3, 0.4) is 0 Å². The first-order valence-corrected chi connectivity index (χ1v) is 6.95. The van der Waals surface area contributed by atoms with Gasteiger partial charge in [-0.25, -0.2) is 4.79 Å². The summed E-state index contributed by atoms with van der Waals surface area (Å²) in [6.07, 6.45) is 1.10. The van der Waals surface area contributed by atoms with Gasteiger partial charge in [-0.05, 0) is 29.3 Å². The van der Waals surface area contributed by atoms with Gasteiger partial charge in [-0.3, -0.25) is 4.79 Å². The normalized spacial score (nSPS) is 15.7. The molecular weight excluding hydrogens is 282 g/mol. The van der Waals surface area contributed by atoms with E-state index in [0.717, 1.165) is 23.3 Å². The van der Waals surface area contributed by atoms with E-state index in [2.05, 4.69) is 0 Å². The van der Waals surface area contributed by atoms with Gasteiger partial charge >= 0.3 is 5.97 Å². The van der Waals surface area contributed by atoms with Crippen molar-refractivity contribution in [3.63, 3.8) is 0 Å². The van der Waals surface area contributed by atoms with Crippen LogP contribution in [0, 0.1) is 0 Å². The zero-order valence-electron chi connectivity index (χ0n) is 11.8. The van der Waals surface area contributed by atoms with E-state index < -0.39 is 5.97 Å². The van der Waals surface area contributed by atoms with Crippen molar-refractivity contribution in [2.75, 3.05) is 0 Å². The number of hydrogen-bond donors (Lipinski definition) is 1. The number of amides is 1. The summed E-state index contributed by atoms with van der Waals surface area (Å²) in [6.45, 7) is 0.377. The van der Waals surface area contributed by atoms with Crippen molar-refractivity contribution >= 4 is 12.4 Å². The van der Waals surface area contributed by atoms with Gasteiger partial charge < -0.3 is 14.7 Å². The molecule has 3 rings (SSSR count). The Hall–Kier alpha value is -2.82. The van der Waals surface area contributed by atoms with Crippen LogP contribution < -0.4 is 4.74 Å². The Morgan fingerprint density at radius 3 is 2.59 bits per heavy atom. The molecule has 1 N–H and O–H groups in total. The van der Waals surface area contributed by atoms with Crippen LogP contribution in [0.4, 0.5) is 0 Å². The number of carboxylic acids is 1. The summed E-state index contributed by atoms with van der Waals surface area (Å²) in [4.78, 5) is 23.8. The van der Waals surface area contributed by atoms with E-state index in [1.165, 1.54) is 12.1 Å². The number of fused-ring (bicyclic) bond motifs is 1. The molecule has 0 aromatic heterocycles. The molecular formula is C17H15NO4. The highest BCUT2D eigenvalue weighted by Crippen LogP contribution is 2.29. The molecule has 0 saturated carbocycles. The number of aromatic carboxylic acids is 1. The van der Waals surface area contributed by atoms with Gasteiger partial charge in [-0.15, -0.1) is 0 Å². The SMILES string of the molecule is O=CN(Cc1ccc(C(=O)O)cc1)C1Cc2ccccc2O1. The molecule has 2 aromatic carbocycles. The predicted octanol–water partition coefficient (Wildman–Crippen LogP) is 2.30. The smallest absolute Gasteiger partial charge is 0.335 e. The minimum Gasteiger partial charge on any atom is -0.478 e. The summed E-state index contributed by atoms with van der Waals surface area (Å²) in [6, 6.07) is 14.2. The second kappa shape index (κ2) is 5.89. The molecule has 0 spiro atoms. The van der Waals surface area contributed by atoms with Crippen molar-refractivity contribution in [3.8, 4) is 5.75 Å². The number of benzene rings is 2. The van der Waals surface area contributed by atoms with Crippen molar-refractivity contribution in [3.05, 3.63) is 65.2 Å². The van der Waals surface area contributed by atoms with Crippen LogP contribution in [-0.2, 0) is 17.8 Å². The highest BCUT2D eigenvalue weighted by molar-refractivity contribution is 5.87. The average Bonchev–Trinajstić information content (AvgIpc) is 2.96. The highest BCUT2D eigenvalue weighted by atomic mass is 16.5. The molecule has 1 aliphatic rings. The van der Waals surface area contributed by atoms with Crippen molar-refractivity contribution in [1.29, 1.82) is 0 Å². The van der Waals surface area contributed by atoms with E-state index in [0.29, 0.717) is 13.0 Å². The van der Waals surface area contributed by atoms with Crippen LogP contribution in [0.5, 0.6) is 5.75 Å². The zero-order chi connectivity index (χ0) is 15.5. The van der Waals surface area contributed by atoms with Crippen LogP contribution in [0.2, 0.25) is 0 Å². The van der Waals surface area contributed by atoms with Crippen LogP contribution in [0.25, 0.3) is 0 Å². The Labute approximate surface area is 127 Å². The van der Waals surface area contributed by atoms with Gasteiger partial charge in [0, 0.05) is 13.0 Å². The maximum absolute atomic E-state index is 11.4. The van der Waals surface area contributed by atoms with Gasteiger partial charge in [-0.2, -0.15) is 0 Å². The largest absolute Gasteiger partial charge is 0.478 e. The molecule has 1 heterocycles. The molecule has 22 heavy (non-hydrogen) atoms. The third-order valence-electron chi connectivity index (χ3n) is 3.70. The molecule has 0 aliphatic carbocycles. The predicted molar refractivity (Wildman–Crippen MR) is 79.6 cm³/mol. The lowest BCUT2D eigenvalue weighted by atomic mass is 10.1. The Bertz CT molecular complexity index is 671. The molecule has 1 atom stereocenters. The minimum atomic E-state index is -0.964. The summed E-state index contributed by atoms with van der Waals surface area (Å²) < 4.78 is 5.79. The third-order valence-corrected chi connectivity index (χ3v) is 3.70. The number of nitrogens with zero attached hydrogens (tertiary/aromatic N) is 1. The minimum absolute atomic E-state index is 0.228. The summed E-state index contributed by atoms with van der Waals surface area (Å²) in [7, 11) is 0. The first-order valence-electron chi connectivity index (χ1n) is 6.95. The number of carbonyl (C=O) groups excluding carboxylic acids is 1. The molecule has 1 amide bonds. The number of carboxylic acid groups (broad SMARTS) is 1. The van der Waals surface area contributed by atoms with Crippen molar-refractivity contribution in [2.45, 2.75) is 19.2 Å². The number of para-hydroxylation sites is 1. The summed E-state index contributed by atoms with van der Waals surface area (Å²) in [5, 5.41) is 8.89. The molecule has 5 nitrogen and oxygen atoms in total.